The molecular weight excluding hydrogens is 254 g/mol. The van der Waals surface area contributed by atoms with Crippen LogP contribution in [-0.2, 0) is 14.8 Å². The maximum atomic E-state index is 11.9. The predicted molar refractivity (Wildman–Crippen MR) is 68.1 cm³/mol. The first-order valence-corrected chi connectivity index (χ1v) is 7.14. The number of carbonyl (C=O) groups is 1. The molecule has 0 bridgehead atoms. The largest absolute Gasteiger partial charge is 0.380 e. The van der Waals surface area contributed by atoms with Crippen LogP contribution in [0, 0.1) is 0 Å². The van der Waals surface area contributed by atoms with E-state index in [-0.39, 0.29) is 17.2 Å². The van der Waals surface area contributed by atoms with Gasteiger partial charge in [-0.2, -0.15) is 0 Å². The number of nitrogens with one attached hydrogen (secondary N) is 1. The molecule has 0 radical (unpaired) electrons. The van der Waals surface area contributed by atoms with Crippen molar-refractivity contribution < 1.29 is 17.9 Å². The molecule has 6 heteroatoms. The molecule has 0 saturated carbocycles. The van der Waals surface area contributed by atoms with Gasteiger partial charge in [0.15, 0.2) is 5.78 Å². The van der Waals surface area contributed by atoms with Crippen LogP contribution in [0.15, 0.2) is 29.2 Å². The lowest BCUT2D eigenvalue weighted by atomic mass is 10.2. The van der Waals surface area contributed by atoms with Crippen molar-refractivity contribution in [3.8, 4) is 0 Å². The highest BCUT2D eigenvalue weighted by Crippen LogP contribution is 2.11. The number of carbonyl (C=O) groups excluding carboxylic acids is 1. The molecule has 1 aromatic rings. The summed E-state index contributed by atoms with van der Waals surface area (Å²) in [5.74, 6) is -0.165. The van der Waals surface area contributed by atoms with Crippen molar-refractivity contribution in [1.82, 2.24) is 4.72 Å². The van der Waals surface area contributed by atoms with Crippen LogP contribution >= 0.6 is 0 Å². The van der Waals surface area contributed by atoms with Crippen LogP contribution in [0.25, 0.3) is 0 Å². The summed E-state index contributed by atoms with van der Waals surface area (Å²) in [5.41, 5.74) is 0.377. The minimum Gasteiger partial charge on any atom is -0.380 e. The molecule has 0 atom stereocenters. The third-order valence-corrected chi connectivity index (χ3v) is 3.75. The van der Waals surface area contributed by atoms with Crippen molar-refractivity contribution in [3.05, 3.63) is 29.8 Å². The minimum absolute atomic E-state index is 0.0895. The van der Waals surface area contributed by atoms with E-state index < -0.39 is 10.0 Å². The molecule has 0 fully saturated rings. The van der Waals surface area contributed by atoms with Gasteiger partial charge in [-0.05, 0) is 26.0 Å². The molecule has 1 rings (SSSR count). The maximum Gasteiger partial charge on any atom is 0.240 e. The van der Waals surface area contributed by atoms with E-state index in [4.69, 9.17) is 4.74 Å². The molecule has 0 aliphatic rings. The van der Waals surface area contributed by atoms with Crippen molar-refractivity contribution in [2.24, 2.45) is 0 Å². The van der Waals surface area contributed by atoms with Gasteiger partial charge in [0.05, 0.1) is 11.5 Å². The van der Waals surface area contributed by atoms with Crippen LogP contribution in [0.2, 0.25) is 0 Å². The normalized spacial score (nSPS) is 11.4. The Morgan fingerprint density at radius 3 is 2.72 bits per heavy atom. The Kier molecular flexibility index (Phi) is 5.46. The third-order valence-electron chi connectivity index (χ3n) is 2.29. The van der Waals surface area contributed by atoms with E-state index in [0.29, 0.717) is 18.8 Å². The molecule has 0 saturated heterocycles. The summed E-state index contributed by atoms with van der Waals surface area (Å²) in [7, 11) is -3.58. The van der Waals surface area contributed by atoms with E-state index in [1.54, 1.807) is 12.1 Å². The summed E-state index contributed by atoms with van der Waals surface area (Å²) < 4.78 is 31.2. The van der Waals surface area contributed by atoms with Crippen LogP contribution in [0.1, 0.15) is 24.2 Å². The van der Waals surface area contributed by atoms with Gasteiger partial charge in [-0.25, -0.2) is 13.1 Å². The standard InChI is InChI=1S/C12H17NO4S/c1-3-17-8-7-13-18(15,16)12-6-4-5-11(9-12)10(2)14/h4-6,9,13H,3,7-8H2,1-2H3. The Morgan fingerprint density at radius 1 is 1.39 bits per heavy atom. The smallest absolute Gasteiger partial charge is 0.240 e. The lowest BCUT2D eigenvalue weighted by Gasteiger charge is -2.07. The number of Topliss-reactive ketones (excluding diaryl/α,β-unsaturated/α-hetero) is 1. The summed E-state index contributed by atoms with van der Waals surface area (Å²) in [4.78, 5) is 11.3. The molecule has 18 heavy (non-hydrogen) atoms. The number of ketones is 1. The SMILES string of the molecule is CCOCCNS(=O)(=O)c1cccc(C(C)=O)c1. The molecule has 5 nitrogen and oxygen atoms in total. The van der Waals surface area contributed by atoms with E-state index >= 15 is 0 Å². The van der Waals surface area contributed by atoms with Gasteiger partial charge in [0.1, 0.15) is 0 Å². The molecule has 0 heterocycles. The van der Waals surface area contributed by atoms with E-state index in [9.17, 15) is 13.2 Å². The van der Waals surface area contributed by atoms with Gasteiger partial charge in [-0.3, -0.25) is 4.79 Å². The lowest BCUT2D eigenvalue weighted by molar-refractivity contribution is 0.101. The maximum absolute atomic E-state index is 11.9. The topological polar surface area (TPSA) is 72.5 Å². The fourth-order valence-corrected chi connectivity index (χ4v) is 2.42. The van der Waals surface area contributed by atoms with Crippen molar-refractivity contribution >= 4 is 15.8 Å². The molecule has 100 valence electrons. The monoisotopic (exact) mass is 271 g/mol. The number of benzene rings is 1. The fourth-order valence-electron chi connectivity index (χ4n) is 1.36. The van der Waals surface area contributed by atoms with Gasteiger partial charge < -0.3 is 4.74 Å². The zero-order chi connectivity index (χ0) is 13.6. The van der Waals surface area contributed by atoms with E-state index in [2.05, 4.69) is 4.72 Å². The Bertz CT molecular complexity index is 511. The molecule has 0 unspecified atom stereocenters. The average molecular weight is 271 g/mol. The number of hydrogen-bond donors (Lipinski definition) is 1. The number of rotatable bonds is 7. The highest BCUT2D eigenvalue weighted by molar-refractivity contribution is 7.89. The summed E-state index contributed by atoms with van der Waals surface area (Å²) in [6.07, 6.45) is 0. The first-order chi connectivity index (χ1) is 8.47. The van der Waals surface area contributed by atoms with E-state index in [1.165, 1.54) is 19.1 Å². The number of sulfonamides is 1. The second-order valence-electron chi connectivity index (χ2n) is 3.68. The Labute approximate surface area is 107 Å². The molecule has 1 N–H and O–H groups in total. The van der Waals surface area contributed by atoms with Crippen LogP contribution in [0.3, 0.4) is 0 Å². The highest BCUT2D eigenvalue weighted by Gasteiger charge is 2.14. The molecule has 0 spiro atoms. The van der Waals surface area contributed by atoms with Gasteiger partial charge >= 0.3 is 0 Å². The predicted octanol–water partition coefficient (Wildman–Crippen LogP) is 1.20. The van der Waals surface area contributed by atoms with E-state index in [1.807, 2.05) is 6.92 Å². The fraction of sp³-hybridized carbons (Fsp3) is 0.417. The van der Waals surface area contributed by atoms with Crippen LogP contribution < -0.4 is 4.72 Å². The lowest BCUT2D eigenvalue weighted by Crippen LogP contribution is -2.27. The van der Waals surface area contributed by atoms with Crippen LogP contribution in [0.5, 0.6) is 0 Å². The zero-order valence-corrected chi connectivity index (χ0v) is 11.3. The van der Waals surface area contributed by atoms with Gasteiger partial charge in [0, 0.05) is 18.7 Å². The molecule has 0 aliphatic heterocycles. The van der Waals surface area contributed by atoms with Crippen molar-refractivity contribution in [2.45, 2.75) is 18.7 Å². The molecule has 0 amide bonds. The summed E-state index contributed by atoms with van der Waals surface area (Å²) >= 11 is 0. The van der Waals surface area contributed by atoms with Crippen LogP contribution in [-0.4, -0.2) is 34.0 Å². The first-order valence-electron chi connectivity index (χ1n) is 5.66. The van der Waals surface area contributed by atoms with E-state index in [0.717, 1.165) is 0 Å². The number of ether oxygens (including phenoxy) is 1. The van der Waals surface area contributed by atoms with Crippen molar-refractivity contribution in [1.29, 1.82) is 0 Å². The third kappa shape index (κ3) is 4.21. The molecule has 1 aromatic carbocycles. The van der Waals surface area contributed by atoms with Crippen LogP contribution in [0.4, 0.5) is 0 Å². The number of hydrogen-bond acceptors (Lipinski definition) is 4. The quantitative estimate of drug-likeness (QED) is 0.597. The average Bonchev–Trinajstić information content (AvgIpc) is 2.35. The van der Waals surface area contributed by atoms with Gasteiger partial charge in [0.2, 0.25) is 10.0 Å². The molecular formula is C12H17NO4S. The summed E-state index contributed by atoms with van der Waals surface area (Å²) in [6.45, 7) is 4.31. The second kappa shape index (κ2) is 6.63. The second-order valence-corrected chi connectivity index (χ2v) is 5.45. The van der Waals surface area contributed by atoms with Crippen molar-refractivity contribution in [2.75, 3.05) is 19.8 Å². The highest BCUT2D eigenvalue weighted by atomic mass is 32.2. The zero-order valence-electron chi connectivity index (χ0n) is 10.5. The Balaban J connectivity index is 2.78. The minimum atomic E-state index is -3.58. The first kappa shape index (κ1) is 14.8. The van der Waals surface area contributed by atoms with Gasteiger partial charge in [0.25, 0.3) is 0 Å². The molecule has 0 aliphatic carbocycles. The summed E-state index contributed by atoms with van der Waals surface area (Å²) in [5, 5.41) is 0. The molecule has 0 aromatic heterocycles. The van der Waals surface area contributed by atoms with Gasteiger partial charge in [-0.1, -0.05) is 12.1 Å². The Morgan fingerprint density at radius 2 is 2.11 bits per heavy atom. The van der Waals surface area contributed by atoms with Gasteiger partial charge in [-0.15, -0.1) is 0 Å². The Hall–Kier alpha value is -1.24. The summed E-state index contributed by atoms with van der Waals surface area (Å²) in [6, 6.07) is 5.95. The van der Waals surface area contributed by atoms with Crippen molar-refractivity contribution in [3.63, 3.8) is 0 Å².